The van der Waals surface area contributed by atoms with Gasteiger partial charge in [0.15, 0.2) is 0 Å². The summed E-state index contributed by atoms with van der Waals surface area (Å²) in [7, 11) is 0. The second kappa shape index (κ2) is 5.36. The van der Waals surface area contributed by atoms with Crippen LogP contribution in [0.3, 0.4) is 0 Å². The van der Waals surface area contributed by atoms with E-state index in [1.165, 1.54) is 11.1 Å². The minimum Gasteiger partial charge on any atom is -0.340 e. The maximum absolute atomic E-state index is 4.27. The van der Waals surface area contributed by atoms with Crippen molar-refractivity contribution in [2.45, 2.75) is 0 Å². The molecule has 0 amide bonds. The van der Waals surface area contributed by atoms with Gasteiger partial charge in [-0.25, -0.2) is 4.98 Å². The number of rotatable bonds is 3. The Hall–Kier alpha value is -2.61. The highest BCUT2D eigenvalue weighted by Gasteiger charge is 1.99. The average molecular weight is 246 g/mol. The Labute approximate surface area is 112 Å². The van der Waals surface area contributed by atoms with Gasteiger partial charge < -0.3 is 5.32 Å². The number of nitrogens with zero attached hydrogens (tertiary/aromatic N) is 1. The summed E-state index contributed by atoms with van der Waals surface area (Å²) < 4.78 is 0. The quantitative estimate of drug-likeness (QED) is 0.736. The molecule has 2 heteroatoms. The van der Waals surface area contributed by atoms with Crippen LogP contribution in [0.15, 0.2) is 79.0 Å². The predicted octanol–water partition coefficient (Wildman–Crippen LogP) is 4.49. The number of pyridine rings is 1. The van der Waals surface area contributed by atoms with Crippen LogP contribution in [-0.2, 0) is 0 Å². The van der Waals surface area contributed by atoms with E-state index in [1.54, 1.807) is 6.20 Å². The first-order valence-electron chi connectivity index (χ1n) is 6.25. The highest BCUT2D eigenvalue weighted by molar-refractivity contribution is 5.69. The van der Waals surface area contributed by atoms with Crippen molar-refractivity contribution in [1.82, 2.24) is 4.98 Å². The monoisotopic (exact) mass is 246 g/mol. The fraction of sp³-hybridized carbons (Fsp3) is 0. The number of hydrogen-bond donors (Lipinski definition) is 1. The van der Waals surface area contributed by atoms with Crippen molar-refractivity contribution in [1.29, 1.82) is 0 Å². The summed E-state index contributed by atoms with van der Waals surface area (Å²) in [4.78, 5) is 4.27. The molecular formula is C17H14N2. The van der Waals surface area contributed by atoms with Gasteiger partial charge in [-0.2, -0.15) is 0 Å². The Morgan fingerprint density at radius 2 is 1.47 bits per heavy atom. The molecule has 1 aromatic heterocycles. The normalized spacial score (nSPS) is 10.1. The zero-order valence-corrected chi connectivity index (χ0v) is 10.5. The standard InChI is InChI=1S/C17H14N2/c1-2-7-14(8-3-1)15-9-6-10-16(13-15)19-17-11-4-5-12-18-17/h1-13H,(H,18,19). The lowest BCUT2D eigenvalue weighted by atomic mass is 10.1. The largest absolute Gasteiger partial charge is 0.340 e. The number of aromatic nitrogens is 1. The molecular weight excluding hydrogens is 232 g/mol. The Kier molecular flexibility index (Phi) is 3.24. The van der Waals surface area contributed by atoms with Gasteiger partial charge in [-0.1, -0.05) is 48.5 Å². The van der Waals surface area contributed by atoms with Crippen LogP contribution in [0.25, 0.3) is 11.1 Å². The van der Waals surface area contributed by atoms with Crippen molar-refractivity contribution in [2.75, 3.05) is 5.32 Å². The Morgan fingerprint density at radius 1 is 0.684 bits per heavy atom. The Morgan fingerprint density at radius 3 is 2.26 bits per heavy atom. The fourth-order valence-electron chi connectivity index (χ4n) is 1.99. The van der Waals surface area contributed by atoms with Gasteiger partial charge in [-0.15, -0.1) is 0 Å². The summed E-state index contributed by atoms with van der Waals surface area (Å²) in [6, 6.07) is 24.5. The summed E-state index contributed by atoms with van der Waals surface area (Å²) in [5, 5.41) is 3.30. The van der Waals surface area contributed by atoms with E-state index in [1.807, 2.05) is 48.5 Å². The molecule has 0 bridgehead atoms. The summed E-state index contributed by atoms with van der Waals surface area (Å²) in [5.74, 6) is 0.854. The van der Waals surface area contributed by atoms with Gasteiger partial charge in [-0.05, 0) is 35.4 Å². The van der Waals surface area contributed by atoms with Crippen LogP contribution in [0.1, 0.15) is 0 Å². The zero-order valence-electron chi connectivity index (χ0n) is 10.5. The smallest absolute Gasteiger partial charge is 0.130 e. The lowest BCUT2D eigenvalue weighted by Crippen LogP contribution is -1.92. The van der Waals surface area contributed by atoms with Crippen molar-refractivity contribution in [2.24, 2.45) is 0 Å². The van der Waals surface area contributed by atoms with Crippen molar-refractivity contribution in [3.8, 4) is 11.1 Å². The lowest BCUT2D eigenvalue weighted by molar-refractivity contribution is 1.31. The minimum atomic E-state index is 0.854. The van der Waals surface area contributed by atoms with Gasteiger partial charge in [0.2, 0.25) is 0 Å². The summed E-state index contributed by atoms with van der Waals surface area (Å²) in [6.07, 6.45) is 1.78. The Bertz CT molecular complexity index is 648. The van der Waals surface area contributed by atoms with Crippen LogP contribution in [0.2, 0.25) is 0 Å². The molecule has 1 N–H and O–H groups in total. The molecule has 2 nitrogen and oxygen atoms in total. The third-order valence-electron chi connectivity index (χ3n) is 2.91. The van der Waals surface area contributed by atoms with Gasteiger partial charge in [0.25, 0.3) is 0 Å². The maximum Gasteiger partial charge on any atom is 0.130 e. The summed E-state index contributed by atoms with van der Waals surface area (Å²) in [5.41, 5.74) is 3.45. The predicted molar refractivity (Wildman–Crippen MR) is 79.4 cm³/mol. The van der Waals surface area contributed by atoms with E-state index in [4.69, 9.17) is 0 Å². The highest BCUT2D eigenvalue weighted by Crippen LogP contribution is 2.23. The molecule has 3 rings (SSSR count). The molecule has 0 saturated carbocycles. The van der Waals surface area contributed by atoms with E-state index < -0.39 is 0 Å². The van der Waals surface area contributed by atoms with E-state index in [9.17, 15) is 0 Å². The average Bonchev–Trinajstić information content (AvgIpc) is 2.49. The van der Waals surface area contributed by atoms with E-state index in [0.717, 1.165) is 11.5 Å². The summed E-state index contributed by atoms with van der Waals surface area (Å²) >= 11 is 0. The lowest BCUT2D eigenvalue weighted by Gasteiger charge is -2.07. The van der Waals surface area contributed by atoms with Crippen LogP contribution in [-0.4, -0.2) is 4.98 Å². The molecule has 1 heterocycles. The molecule has 0 aliphatic rings. The molecule has 3 aromatic rings. The molecule has 92 valence electrons. The van der Waals surface area contributed by atoms with Gasteiger partial charge in [0.05, 0.1) is 0 Å². The van der Waals surface area contributed by atoms with E-state index >= 15 is 0 Å². The van der Waals surface area contributed by atoms with Crippen molar-refractivity contribution in [3.05, 3.63) is 79.0 Å². The Balaban J connectivity index is 1.89. The molecule has 0 atom stereocenters. The SMILES string of the molecule is c1ccc(-c2cccc(Nc3ccccn3)c2)cc1. The first-order chi connectivity index (χ1) is 9.42. The molecule has 2 aromatic carbocycles. The molecule has 19 heavy (non-hydrogen) atoms. The fourth-order valence-corrected chi connectivity index (χ4v) is 1.99. The minimum absolute atomic E-state index is 0.854. The van der Waals surface area contributed by atoms with E-state index in [0.29, 0.717) is 0 Å². The van der Waals surface area contributed by atoms with E-state index in [2.05, 4.69) is 34.6 Å². The topological polar surface area (TPSA) is 24.9 Å². The van der Waals surface area contributed by atoms with Crippen molar-refractivity contribution in [3.63, 3.8) is 0 Å². The van der Waals surface area contributed by atoms with Crippen molar-refractivity contribution >= 4 is 11.5 Å². The van der Waals surface area contributed by atoms with E-state index in [-0.39, 0.29) is 0 Å². The molecule has 0 saturated heterocycles. The van der Waals surface area contributed by atoms with Crippen LogP contribution in [0, 0.1) is 0 Å². The molecule has 0 unspecified atom stereocenters. The van der Waals surface area contributed by atoms with Gasteiger partial charge >= 0.3 is 0 Å². The molecule has 0 aliphatic carbocycles. The van der Waals surface area contributed by atoms with Crippen LogP contribution >= 0.6 is 0 Å². The second-order valence-electron chi connectivity index (χ2n) is 4.29. The maximum atomic E-state index is 4.27. The molecule has 0 fully saturated rings. The number of benzene rings is 2. The van der Waals surface area contributed by atoms with Gasteiger partial charge in [0.1, 0.15) is 5.82 Å². The van der Waals surface area contributed by atoms with Gasteiger partial charge in [0, 0.05) is 11.9 Å². The van der Waals surface area contributed by atoms with Gasteiger partial charge in [-0.3, -0.25) is 0 Å². The first kappa shape index (κ1) is 11.5. The molecule has 0 spiro atoms. The van der Waals surface area contributed by atoms with Crippen LogP contribution < -0.4 is 5.32 Å². The van der Waals surface area contributed by atoms with Crippen LogP contribution in [0.5, 0.6) is 0 Å². The summed E-state index contributed by atoms with van der Waals surface area (Å²) in [6.45, 7) is 0. The third kappa shape index (κ3) is 2.80. The highest BCUT2D eigenvalue weighted by atomic mass is 15.0. The molecule has 0 aliphatic heterocycles. The number of nitrogens with one attached hydrogen (secondary N) is 1. The molecule has 0 radical (unpaired) electrons. The number of anilines is 2. The van der Waals surface area contributed by atoms with Crippen molar-refractivity contribution < 1.29 is 0 Å². The third-order valence-corrected chi connectivity index (χ3v) is 2.91. The number of hydrogen-bond acceptors (Lipinski definition) is 2. The zero-order chi connectivity index (χ0) is 12.9. The van der Waals surface area contributed by atoms with Crippen LogP contribution in [0.4, 0.5) is 11.5 Å². The second-order valence-corrected chi connectivity index (χ2v) is 4.29. The first-order valence-corrected chi connectivity index (χ1v) is 6.25.